The Hall–Kier alpha value is -1.91. The monoisotopic (exact) mass is 266 g/mol. The van der Waals surface area contributed by atoms with Gasteiger partial charge < -0.3 is 19.7 Å². The summed E-state index contributed by atoms with van der Waals surface area (Å²) >= 11 is 0. The van der Waals surface area contributed by atoms with Crippen molar-refractivity contribution in [2.45, 2.75) is 31.1 Å². The summed E-state index contributed by atoms with van der Waals surface area (Å²) in [4.78, 5) is 11.6. The number of aliphatic carboxylic acids is 1. The second-order valence-electron chi connectivity index (χ2n) is 4.82. The van der Waals surface area contributed by atoms with Crippen molar-refractivity contribution < 1.29 is 24.5 Å². The molecule has 5 heteroatoms. The second-order valence-corrected chi connectivity index (χ2v) is 4.82. The molecule has 0 heterocycles. The number of ether oxygens (including phenoxy) is 2. The minimum atomic E-state index is -1.01. The fourth-order valence-corrected chi connectivity index (χ4v) is 2.83. The molecule has 0 spiro atoms. The number of carboxylic acid groups (broad SMARTS) is 1. The number of methoxy groups -OCH3 is 2. The number of phenolic OH excluding ortho intramolecular Hbond substituents is 1. The number of benzene rings is 1. The van der Waals surface area contributed by atoms with Crippen LogP contribution in [0.1, 0.15) is 31.2 Å². The molecule has 1 aliphatic carbocycles. The van der Waals surface area contributed by atoms with E-state index in [4.69, 9.17) is 9.47 Å². The van der Waals surface area contributed by atoms with Crippen LogP contribution in [0.15, 0.2) is 12.1 Å². The van der Waals surface area contributed by atoms with Gasteiger partial charge in [-0.05, 0) is 18.9 Å². The molecule has 1 aromatic rings. The Balaban J connectivity index is 2.57. The molecule has 0 atom stereocenters. The standard InChI is InChI=1S/C14H18O5/c1-18-11-7-9(10(15)8-12(11)19-2)14(13(16)17)5-3-4-6-14/h7-8,15H,3-6H2,1-2H3,(H,16,17). The number of hydrogen-bond donors (Lipinski definition) is 2. The lowest BCUT2D eigenvalue weighted by Gasteiger charge is -2.26. The van der Waals surface area contributed by atoms with Gasteiger partial charge in [-0.25, -0.2) is 0 Å². The number of aromatic hydroxyl groups is 1. The number of carboxylic acids is 1. The van der Waals surface area contributed by atoms with E-state index in [2.05, 4.69) is 0 Å². The van der Waals surface area contributed by atoms with Crippen LogP contribution in [0.3, 0.4) is 0 Å². The van der Waals surface area contributed by atoms with Gasteiger partial charge in [-0.15, -0.1) is 0 Å². The van der Waals surface area contributed by atoms with Gasteiger partial charge in [-0.3, -0.25) is 4.79 Å². The third-order valence-electron chi connectivity index (χ3n) is 3.88. The minimum Gasteiger partial charge on any atom is -0.507 e. The van der Waals surface area contributed by atoms with Crippen molar-refractivity contribution in [2.24, 2.45) is 0 Å². The molecular formula is C14H18O5. The third kappa shape index (κ3) is 2.09. The van der Waals surface area contributed by atoms with Crippen LogP contribution in [0, 0.1) is 0 Å². The van der Waals surface area contributed by atoms with Crippen molar-refractivity contribution in [3.8, 4) is 17.2 Å². The summed E-state index contributed by atoms with van der Waals surface area (Å²) in [6, 6.07) is 2.99. The highest BCUT2D eigenvalue weighted by molar-refractivity contribution is 5.83. The van der Waals surface area contributed by atoms with Gasteiger partial charge in [0.25, 0.3) is 0 Å². The van der Waals surface area contributed by atoms with E-state index in [-0.39, 0.29) is 5.75 Å². The molecule has 5 nitrogen and oxygen atoms in total. The van der Waals surface area contributed by atoms with Gasteiger partial charge in [0.15, 0.2) is 11.5 Å². The van der Waals surface area contributed by atoms with Gasteiger partial charge in [0, 0.05) is 11.6 Å². The predicted molar refractivity (Wildman–Crippen MR) is 69.0 cm³/mol. The van der Waals surface area contributed by atoms with Crippen molar-refractivity contribution >= 4 is 5.97 Å². The van der Waals surface area contributed by atoms with E-state index in [1.54, 1.807) is 6.07 Å². The number of carbonyl (C=O) groups is 1. The van der Waals surface area contributed by atoms with Crippen LogP contribution in [0.5, 0.6) is 17.2 Å². The van der Waals surface area contributed by atoms with Gasteiger partial charge in [0.05, 0.1) is 19.6 Å². The molecule has 1 aromatic carbocycles. The van der Waals surface area contributed by atoms with Crippen molar-refractivity contribution in [3.05, 3.63) is 17.7 Å². The third-order valence-corrected chi connectivity index (χ3v) is 3.88. The molecule has 0 unspecified atom stereocenters. The van der Waals surface area contributed by atoms with Crippen LogP contribution >= 0.6 is 0 Å². The van der Waals surface area contributed by atoms with Crippen LogP contribution in [0.25, 0.3) is 0 Å². The maximum absolute atomic E-state index is 11.6. The molecule has 0 amide bonds. The van der Waals surface area contributed by atoms with E-state index in [0.717, 1.165) is 12.8 Å². The Morgan fingerprint density at radius 2 is 1.68 bits per heavy atom. The topological polar surface area (TPSA) is 76.0 Å². The summed E-state index contributed by atoms with van der Waals surface area (Å²) in [5, 5.41) is 19.7. The average molecular weight is 266 g/mol. The number of rotatable bonds is 4. The van der Waals surface area contributed by atoms with E-state index in [9.17, 15) is 15.0 Å². The number of phenols is 1. The first kappa shape index (κ1) is 13.5. The first-order valence-electron chi connectivity index (χ1n) is 6.24. The Bertz CT molecular complexity index is 489. The summed E-state index contributed by atoms with van der Waals surface area (Å²) in [6.45, 7) is 0. The lowest BCUT2D eigenvalue weighted by molar-refractivity contribution is -0.143. The first-order valence-corrected chi connectivity index (χ1v) is 6.24. The van der Waals surface area contributed by atoms with Crippen LogP contribution in [-0.2, 0) is 10.2 Å². The van der Waals surface area contributed by atoms with Gasteiger partial charge in [-0.1, -0.05) is 12.8 Å². The Labute approximate surface area is 111 Å². The highest BCUT2D eigenvalue weighted by Crippen LogP contribution is 2.47. The summed E-state index contributed by atoms with van der Waals surface area (Å²) < 4.78 is 10.3. The zero-order valence-electron chi connectivity index (χ0n) is 11.1. The largest absolute Gasteiger partial charge is 0.507 e. The van der Waals surface area contributed by atoms with Crippen LogP contribution in [0.4, 0.5) is 0 Å². The molecule has 0 radical (unpaired) electrons. The van der Waals surface area contributed by atoms with Crippen molar-refractivity contribution in [3.63, 3.8) is 0 Å². The van der Waals surface area contributed by atoms with Crippen LogP contribution in [-0.4, -0.2) is 30.4 Å². The quantitative estimate of drug-likeness (QED) is 0.874. The summed E-state index contributed by atoms with van der Waals surface area (Å²) in [6.07, 6.45) is 2.76. The highest BCUT2D eigenvalue weighted by Gasteiger charge is 2.45. The molecule has 0 bridgehead atoms. The summed E-state index contributed by atoms with van der Waals surface area (Å²) in [5.41, 5.74) is -0.598. The predicted octanol–water partition coefficient (Wildman–Crippen LogP) is 2.31. The molecule has 0 aliphatic heterocycles. The van der Waals surface area contributed by atoms with E-state index >= 15 is 0 Å². The summed E-state index contributed by atoms with van der Waals surface area (Å²) in [5.74, 6) is -0.125. The van der Waals surface area contributed by atoms with Gasteiger partial charge in [-0.2, -0.15) is 0 Å². The van der Waals surface area contributed by atoms with E-state index in [1.807, 2.05) is 0 Å². The summed E-state index contributed by atoms with van der Waals surface area (Å²) in [7, 11) is 2.96. The molecule has 1 fully saturated rings. The molecule has 1 saturated carbocycles. The average Bonchev–Trinajstić information content (AvgIpc) is 2.88. The molecule has 0 aromatic heterocycles. The van der Waals surface area contributed by atoms with E-state index in [0.29, 0.717) is 29.9 Å². The fraction of sp³-hybridized carbons (Fsp3) is 0.500. The van der Waals surface area contributed by atoms with Gasteiger partial charge in [0.2, 0.25) is 0 Å². The highest BCUT2D eigenvalue weighted by atomic mass is 16.5. The minimum absolute atomic E-state index is 0.0537. The van der Waals surface area contributed by atoms with Gasteiger partial charge in [0.1, 0.15) is 5.75 Å². The van der Waals surface area contributed by atoms with Crippen molar-refractivity contribution in [1.29, 1.82) is 0 Å². The normalized spacial score (nSPS) is 17.2. The lowest BCUT2D eigenvalue weighted by Crippen LogP contribution is -2.32. The Morgan fingerprint density at radius 1 is 1.16 bits per heavy atom. The molecule has 0 saturated heterocycles. The Morgan fingerprint density at radius 3 is 2.16 bits per heavy atom. The van der Waals surface area contributed by atoms with E-state index in [1.165, 1.54) is 20.3 Å². The Kier molecular flexibility index (Phi) is 3.55. The number of hydrogen-bond acceptors (Lipinski definition) is 4. The van der Waals surface area contributed by atoms with Crippen LogP contribution < -0.4 is 9.47 Å². The van der Waals surface area contributed by atoms with Gasteiger partial charge >= 0.3 is 5.97 Å². The second kappa shape index (κ2) is 4.99. The molecular weight excluding hydrogens is 248 g/mol. The maximum atomic E-state index is 11.6. The zero-order valence-corrected chi connectivity index (χ0v) is 11.1. The SMILES string of the molecule is COc1cc(O)c(C2(C(=O)O)CCCC2)cc1OC. The van der Waals surface area contributed by atoms with Crippen molar-refractivity contribution in [1.82, 2.24) is 0 Å². The molecule has 2 rings (SSSR count). The molecule has 1 aliphatic rings. The maximum Gasteiger partial charge on any atom is 0.314 e. The molecule has 104 valence electrons. The lowest BCUT2D eigenvalue weighted by atomic mass is 9.78. The molecule has 19 heavy (non-hydrogen) atoms. The van der Waals surface area contributed by atoms with E-state index < -0.39 is 11.4 Å². The first-order chi connectivity index (χ1) is 9.05. The van der Waals surface area contributed by atoms with Crippen LogP contribution in [0.2, 0.25) is 0 Å². The van der Waals surface area contributed by atoms with Crippen molar-refractivity contribution in [2.75, 3.05) is 14.2 Å². The fourth-order valence-electron chi connectivity index (χ4n) is 2.83. The smallest absolute Gasteiger partial charge is 0.314 e. The zero-order chi connectivity index (χ0) is 14.0. The molecule has 2 N–H and O–H groups in total.